The number of hydrogen-bond donors (Lipinski definition) is 0. The lowest BCUT2D eigenvalue weighted by molar-refractivity contribution is 1.18. The molecular weight excluding hydrogens is 498 g/mol. The first kappa shape index (κ1) is 21.3. The van der Waals surface area contributed by atoms with E-state index in [2.05, 4.69) is 153 Å². The highest BCUT2D eigenvalue weighted by atomic mass is 15.0. The summed E-state index contributed by atoms with van der Waals surface area (Å²) in [6.45, 7) is 0. The fraction of sp³-hybridized carbons (Fsp3) is 0. The van der Waals surface area contributed by atoms with Crippen molar-refractivity contribution in [2.45, 2.75) is 0 Å². The standard InChI is InChI=1S/C38H23N3/c1-3-11-25(12-4-1)40-31-18-10-8-16-28(31)35-32(40)20-19-29-36-34-27-15-7-9-17-30(27)41(26-13-5-2-6-14-26)33(34)23-24-21-22-39(37(24)36)38(29)35/h1-23H. The number of para-hydroxylation sites is 4. The molecule has 10 rings (SSSR count). The molecule has 0 N–H and O–H groups in total. The number of nitrogens with zero attached hydrogens (tertiary/aromatic N) is 3. The molecule has 4 aromatic heterocycles. The molecule has 0 aliphatic carbocycles. The summed E-state index contributed by atoms with van der Waals surface area (Å²) in [4.78, 5) is 0. The van der Waals surface area contributed by atoms with Gasteiger partial charge in [-0.2, -0.15) is 0 Å². The maximum atomic E-state index is 2.44. The molecule has 0 aliphatic rings. The molecule has 0 amide bonds. The fourth-order valence-corrected chi connectivity index (χ4v) is 7.41. The third-order valence-corrected chi connectivity index (χ3v) is 8.96. The Labute approximate surface area is 235 Å². The highest BCUT2D eigenvalue weighted by molar-refractivity contribution is 6.35. The molecule has 0 saturated carbocycles. The largest absolute Gasteiger partial charge is 0.315 e. The van der Waals surface area contributed by atoms with Crippen LogP contribution in [0.5, 0.6) is 0 Å². The van der Waals surface area contributed by atoms with Gasteiger partial charge in [-0.15, -0.1) is 0 Å². The molecule has 0 radical (unpaired) electrons. The summed E-state index contributed by atoms with van der Waals surface area (Å²) in [7, 11) is 0. The van der Waals surface area contributed by atoms with Gasteiger partial charge in [0.15, 0.2) is 0 Å². The van der Waals surface area contributed by atoms with E-state index < -0.39 is 0 Å². The maximum Gasteiger partial charge on any atom is 0.0635 e. The minimum absolute atomic E-state index is 1.18. The monoisotopic (exact) mass is 521 g/mol. The Kier molecular flexibility index (Phi) is 3.93. The number of rotatable bonds is 2. The van der Waals surface area contributed by atoms with Gasteiger partial charge in [0.2, 0.25) is 0 Å². The van der Waals surface area contributed by atoms with E-state index in [1.54, 1.807) is 0 Å². The topological polar surface area (TPSA) is 14.3 Å². The van der Waals surface area contributed by atoms with Crippen LogP contribution in [0.25, 0.3) is 82.2 Å². The van der Waals surface area contributed by atoms with E-state index in [1.807, 2.05) is 0 Å². The number of benzene rings is 6. The van der Waals surface area contributed by atoms with Gasteiger partial charge >= 0.3 is 0 Å². The fourth-order valence-electron chi connectivity index (χ4n) is 7.41. The third kappa shape index (κ3) is 2.59. The van der Waals surface area contributed by atoms with Crippen molar-refractivity contribution >= 4 is 70.8 Å². The molecule has 0 aliphatic heterocycles. The van der Waals surface area contributed by atoms with Crippen LogP contribution < -0.4 is 0 Å². The molecule has 10 aromatic rings. The molecular formula is C38H23N3. The Morgan fingerprint density at radius 2 is 0.951 bits per heavy atom. The number of fused-ring (bicyclic) bond motifs is 11. The molecule has 0 unspecified atom stereocenters. The van der Waals surface area contributed by atoms with E-state index in [9.17, 15) is 0 Å². The summed E-state index contributed by atoms with van der Waals surface area (Å²) in [5.74, 6) is 0. The zero-order valence-electron chi connectivity index (χ0n) is 22.1. The van der Waals surface area contributed by atoms with Gasteiger partial charge in [0.05, 0.1) is 33.1 Å². The second-order valence-corrected chi connectivity index (χ2v) is 11.0. The van der Waals surface area contributed by atoms with Gasteiger partial charge in [0, 0.05) is 55.3 Å². The van der Waals surface area contributed by atoms with Crippen LogP contribution in [0.1, 0.15) is 0 Å². The summed E-state index contributed by atoms with van der Waals surface area (Å²) in [6.07, 6.45) is 2.27. The highest BCUT2D eigenvalue weighted by Crippen LogP contribution is 2.46. The highest BCUT2D eigenvalue weighted by Gasteiger charge is 2.24. The van der Waals surface area contributed by atoms with Crippen molar-refractivity contribution in [2.24, 2.45) is 0 Å². The minimum atomic E-state index is 1.18. The van der Waals surface area contributed by atoms with Crippen LogP contribution in [-0.2, 0) is 0 Å². The van der Waals surface area contributed by atoms with Crippen molar-refractivity contribution in [1.29, 1.82) is 0 Å². The number of hydrogen-bond acceptors (Lipinski definition) is 0. The van der Waals surface area contributed by atoms with Crippen molar-refractivity contribution in [3.63, 3.8) is 0 Å². The SMILES string of the molecule is c1ccc(-n2c3ccccc3c3c4c5ccc6c(c7ccccc7n6-c6ccccc6)c5n5ccc(cc32)c45)cc1. The first-order valence-electron chi connectivity index (χ1n) is 14.1. The predicted octanol–water partition coefficient (Wildman–Crippen LogP) is 9.88. The van der Waals surface area contributed by atoms with Crippen LogP contribution in [-0.4, -0.2) is 13.5 Å². The minimum Gasteiger partial charge on any atom is -0.315 e. The second kappa shape index (κ2) is 7.56. The lowest BCUT2D eigenvalue weighted by Crippen LogP contribution is -1.92. The third-order valence-electron chi connectivity index (χ3n) is 8.96. The van der Waals surface area contributed by atoms with Gasteiger partial charge in [0.25, 0.3) is 0 Å². The smallest absolute Gasteiger partial charge is 0.0635 e. The molecule has 6 aromatic carbocycles. The Balaban J connectivity index is 1.46. The molecule has 0 bridgehead atoms. The second-order valence-electron chi connectivity index (χ2n) is 11.0. The van der Waals surface area contributed by atoms with Crippen molar-refractivity contribution in [3.8, 4) is 11.4 Å². The first-order chi connectivity index (χ1) is 20.4. The van der Waals surface area contributed by atoms with Crippen LogP contribution in [0.4, 0.5) is 0 Å². The lowest BCUT2D eigenvalue weighted by atomic mass is 10.0. The van der Waals surface area contributed by atoms with Gasteiger partial charge in [-0.3, -0.25) is 0 Å². The Morgan fingerprint density at radius 1 is 0.366 bits per heavy atom. The Bertz CT molecular complexity index is 2610. The van der Waals surface area contributed by atoms with Crippen molar-refractivity contribution in [2.75, 3.05) is 0 Å². The van der Waals surface area contributed by atoms with Gasteiger partial charge in [0.1, 0.15) is 0 Å². The van der Waals surface area contributed by atoms with Gasteiger partial charge in [-0.25, -0.2) is 0 Å². The molecule has 3 nitrogen and oxygen atoms in total. The van der Waals surface area contributed by atoms with E-state index in [1.165, 1.54) is 82.2 Å². The molecule has 0 fully saturated rings. The van der Waals surface area contributed by atoms with Crippen molar-refractivity contribution in [3.05, 3.63) is 140 Å². The summed E-state index contributed by atoms with van der Waals surface area (Å²) < 4.78 is 7.28. The number of aromatic nitrogens is 3. The Hall–Kier alpha value is -5.54. The summed E-state index contributed by atoms with van der Waals surface area (Å²) >= 11 is 0. The molecule has 0 spiro atoms. The lowest BCUT2D eigenvalue weighted by Gasteiger charge is -2.08. The van der Waals surface area contributed by atoms with E-state index >= 15 is 0 Å². The van der Waals surface area contributed by atoms with E-state index in [0.717, 1.165) is 0 Å². The molecule has 3 heteroatoms. The Morgan fingerprint density at radius 3 is 1.63 bits per heavy atom. The average Bonchev–Trinajstić information content (AvgIpc) is 3.77. The average molecular weight is 522 g/mol. The van der Waals surface area contributed by atoms with Crippen molar-refractivity contribution < 1.29 is 0 Å². The molecule has 0 atom stereocenters. The van der Waals surface area contributed by atoms with Crippen LogP contribution in [0, 0.1) is 0 Å². The predicted molar refractivity (Wildman–Crippen MR) is 172 cm³/mol. The van der Waals surface area contributed by atoms with E-state index in [-0.39, 0.29) is 0 Å². The molecule has 4 heterocycles. The summed E-state index contributed by atoms with van der Waals surface area (Å²) in [6, 6.07) is 48.5. The zero-order valence-corrected chi connectivity index (χ0v) is 22.1. The summed E-state index contributed by atoms with van der Waals surface area (Å²) in [5.41, 5.74) is 9.89. The molecule has 190 valence electrons. The van der Waals surface area contributed by atoms with E-state index in [0.29, 0.717) is 0 Å². The van der Waals surface area contributed by atoms with Crippen LogP contribution in [0.2, 0.25) is 0 Å². The first-order valence-corrected chi connectivity index (χ1v) is 14.1. The van der Waals surface area contributed by atoms with Gasteiger partial charge in [-0.05, 0) is 54.6 Å². The van der Waals surface area contributed by atoms with E-state index in [4.69, 9.17) is 0 Å². The van der Waals surface area contributed by atoms with Crippen LogP contribution >= 0.6 is 0 Å². The van der Waals surface area contributed by atoms with Crippen molar-refractivity contribution in [1.82, 2.24) is 13.5 Å². The van der Waals surface area contributed by atoms with Gasteiger partial charge in [-0.1, -0.05) is 78.9 Å². The van der Waals surface area contributed by atoms with Gasteiger partial charge < -0.3 is 13.5 Å². The van der Waals surface area contributed by atoms with Crippen LogP contribution in [0.15, 0.2) is 140 Å². The molecule has 41 heavy (non-hydrogen) atoms. The normalized spacial score (nSPS) is 12.4. The summed E-state index contributed by atoms with van der Waals surface area (Å²) in [5, 5.41) is 9.09. The quantitative estimate of drug-likeness (QED) is 0.215. The van der Waals surface area contributed by atoms with Crippen LogP contribution in [0.3, 0.4) is 0 Å². The maximum absolute atomic E-state index is 2.44. The zero-order chi connectivity index (χ0) is 26.7. The molecule has 0 saturated heterocycles.